The maximum absolute atomic E-state index is 6.18. The number of aromatic nitrogens is 1. The number of hydrogen-bond acceptors (Lipinski definition) is 1. The highest BCUT2D eigenvalue weighted by Gasteiger charge is 2.16. The Bertz CT molecular complexity index is 1560. The van der Waals surface area contributed by atoms with Gasteiger partial charge < -0.3 is 8.98 Å². The molecule has 0 amide bonds. The van der Waals surface area contributed by atoms with E-state index in [9.17, 15) is 0 Å². The number of benzene rings is 4. The third-order valence-electron chi connectivity index (χ3n) is 5.81. The van der Waals surface area contributed by atoms with Gasteiger partial charge in [-0.05, 0) is 48.9 Å². The predicted octanol–water partition coefficient (Wildman–Crippen LogP) is 7.63. The molecule has 138 valence electrons. The van der Waals surface area contributed by atoms with Gasteiger partial charge in [-0.2, -0.15) is 0 Å². The van der Waals surface area contributed by atoms with E-state index in [4.69, 9.17) is 4.42 Å². The second kappa shape index (κ2) is 5.86. The Labute approximate surface area is 168 Å². The van der Waals surface area contributed by atoms with Crippen LogP contribution in [0.1, 0.15) is 11.1 Å². The molecule has 0 bridgehead atoms. The first-order chi connectivity index (χ1) is 14.2. The Morgan fingerprint density at radius 3 is 2.34 bits per heavy atom. The Hall–Kier alpha value is -3.78. The maximum Gasteiger partial charge on any atom is 0.137 e. The van der Waals surface area contributed by atoms with Gasteiger partial charge in [-0.1, -0.05) is 54.6 Å². The highest BCUT2D eigenvalue weighted by atomic mass is 16.3. The lowest BCUT2D eigenvalue weighted by Crippen LogP contribution is -1.93. The summed E-state index contributed by atoms with van der Waals surface area (Å²) in [6.07, 6.45) is 1.87. The normalized spacial score (nSPS) is 11.8. The number of para-hydroxylation sites is 1. The second-order valence-electron chi connectivity index (χ2n) is 7.62. The van der Waals surface area contributed by atoms with E-state index in [2.05, 4.69) is 84.8 Å². The van der Waals surface area contributed by atoms with E-state index >= 15 is 0 Å². The van der Waals surface area contributed by atoms with Crippen LogP contribution in [0.3, 0.4) is 0 Å². The molecule has 29 heavy (non-hydrogen) atoms. The van der Waals surface area contributed by atoms with Gasteiger partial charge in [0, 0.05) is 33.3 Å². The molecule has 2 heterocycles. The fourth-order valence-corrected chi connectivity index (χ4v) is 4.39. The quantitative estimate of drug-likeness (QED) is 0.305. The number of furan rings is 1. The highest BCUT2D eigenvalue weighted by Crippen LogP contribution is 2.38. The van der Waals surface area contributed by atoms with Gasteiger partial charge in [-0.15, -0.1) is 0 Å². The molecule has 0 unspecified atom stereocenters. The van der Waals surface area contributed by atoms with Crippen molar-refractivity contribution in [2.24, 2.45) is 0 Å². The summed E-state index contributed by atoms with van der Waals surface area (Å²) in [5.41, 5.74) is 7.72. The van der Waals surface area contributed by atoms with Crippen molar-refractivity contribution in [1.82, 2.24) is 4.57 Å². The Morgan fingerprint density at radius 2 is 1.52 bits per heavy atom. The summed E-state index contributed by atoms with van der Waals surface area (Å²) in [6.45, 7) is 6.01. The lowest BCUT2D eigenvalue weighted by molar-refractivity contribution is 0.669. The first-order valence-electron chi connectivity index (χ1n) is 9.82. The Balaban J connectivity index is 1.79. The number of fused-ring (bicyclic) bond motifs is 6. The molecule has 0 atom stereocenters. The van der Waals surface area contributed by atoms with Gasteiger partial charge in [0.15, 0.2) is 0 Å². The third kappa shape index (κ3) is 2.29. The van der Waals surface area contributed by atoms with Gasteiger partial charge in [-0.25, -0.2) is 0 Å². The largest absolute Gasteiger partial charge is 0.456 e. The molecule has 4 aromatic carbocycles. The van der Waals surface area contributed by atoms with E-state index in [1.165, 1.54) is 21.9 Å². The fraction of sp³-hybridized carbons (Fsp3) is 0.0370. The van der Waals surface area contributed by atoms with Crippen LogP contribution in [-0.2, 0) is 0 Å². The smallest absolute Gasteiger partial charge is 0.137 e. The summed E-state index contributed by atoms with van der Waals surface area (Å²) in [6, 6.07) is 27.9. The van der Waals surface area contributed by atoms with Crippen LogP contribution in [0.25, 0.3) is 55.5 Å². The van der Waals surface area contributed by atoms with E-state index in [0.29, 0.717) is 0 Å². The van der Waals surface area contributed by atoms with Crippen molar-refractivity contribution in [2.75, 3.05) is 0 Å². The van der Waals surface area contributed by atoms with Crippen molar-refractivity contribution in [3.63, 3.8) is 0 Å². The minimum absolute atomic E-state index is 0.919. The summed E-state index contributed by atoms with van der Waals surface area (Å²) in [5, 5.41) is 4.83. The molecule has 0 N–H and O–H groups in total. The average molecular weight is 373 g/mol. The summed E-state index contributed by atoms with van der Waals surface area (Å²) in [5.74, 6) is 0. The van der Waals surface area contributed by atoms with Crippen LogP contribution < -0.4 is 0 Å². The van der Waals surface area contributed by atoms with Gasteiger partial charge in [0.25, 0.3) is 0 Å². The van der Waals surface area contributed by atoms with E-state index in [1.807, 2.05) is 18.2 Å². The molecular formula is C27H19NO. The van der Waals surface area contributed by atoms with Crippen LogP contribution in [-0.4, -0.2) is 4.57 Å². The molecule has 0 saturated heterocycles. The molecule has 0 aliphatic heterocycles. The number of aryl methyl sites for hydroxylation is 1. The zero-order valence-corrected chi connectivity index (χ0v) is 16.1. The zero-order chi connectivity index (χ0) is 19.5. The molecule has 0 fully saturated rings. The third-order valence-corrected chi connectivity index (χ3v) is 5.81. The van der Waals surface area contributed by atoms with Gasteiger partial charge in [-0.3, -0.25) is 0 Å². The summed E-state index contributed by atoms with van der Waals surface area (Å²) < 4.78 is 8.50. The Kier molecular flexibility index (Phi) is 3.27. The first kappa shape index (κ1) is 16.2. The lowest BCUT2D eigenvalue weighted by Gasteiger charge is -2.08. The maximum atomic E-state index is 6.18. The van der Waals surface area contributed by atoms with Crippen molar-refractivity contribution in [1.29, 1.82) is 0 Å². The van der Waals surface area contributed by atoms with E-state index in [0.717, 1.165) is 38.7 Å². The molecule has 6 aromatic rings. The summed E-state index contributed by atoms with van der Waals surface area (Å²) in [4.78, 5) is 0. The van der Waals surface area contributed by atoms with Crippen molar-refractivity contribution < 1.29 is 4.42 Å². The highest BCUT2D eigenvalue weighted by molar-refractivity contribution is 6.17. The van der Waals surface area contributed by atoms with Crippen LogP contribution >= 0.6 is 0 Å². The van der Waals surface area contributed by atoms with Crippen LogP contribution in [0.4, 0.5) is 0 Å². The molecule has 0 saturated carbocycles. The van der Waals surface area contributed by atoms with Crippen LogP contribution in [0.2, 0.25) is 0 Å². The number of nitrogens with zero attached hydrogens (tertiary/aromatic N) is 1. The minimum Gasteiger partial charge on any atom is -0.456 e. The molecule has 0 aliphatic carbocycles. The fourth-order valence-electron chi connectivity index (χ4n) is 4.39. The molecular weight excluding hydrogens is 354 g/mol. The predicted molar refractivity (Wildman–Crippen MR) is 123 cm³/mol. The van der Waals surface area contributed by atoms with Crippen molar-refractivity contribution in [2.45, 2.75) is 6.92 Å². The van der Waals surface area contributed by atoms with Gasteiger partial charge in [0.1, 0.15) is 11.2 Å². The topological polar surface area (TPSA) is 18.1 Å². The lowest BCUT2D eigenvalue weighted by atomic mass is 10.1. The average Bonchev–Trinajstić information content (AvgIpc) is 3.27. The number of hydrogen-bond donors (Lipinski definition) is 0. The summed E-state index contributed by atoms with van der Waals surface area (Å²) >= 11 is 0. The van der Waals surface area contributed by atoms with Gasteiger partial charge in [0.2, 0.25) is 0 Å². The van der Waals surface area contributed by atoms with Gasteiger partial charge >= 0.3 is 0 Å². The van der Waals surface area contributed by atoms with E-state index in [1.54, 1.807) is 0 Å². The van der Waals surface area contributed by atoms with Crippen molar-refractivity contribution >= 4 is 49.8 Å². The number of rotatable bonds is 2. The van der Waals surface area contributed by atoms with E-state index in [-0.39, 0.29) is 0 Å². The Morgan fingerprint density at radius 1 is 0.724 bits per heavy atom. The standard InChI is InChI=1S/C27H19NO/c1-3-18-9-11-19(12-10-18)28-24-13-8-17(2)14-21(24)22-15-23-20-6-4-5-7-26(20)29-27(23)16-25(22)28/h3-16H,1H2,2H3. The van der Waals surface area contributed by atoms with Crippen molar-refractivity contribution in [3.8, 4) is 5.69 Å². The molecule has 2 heteroatoms. The van der Waals surface area contributed by atoms with Crippen molar-refractivity contribution in [3.05, 3.63) is 96.6 Å². The molecule has 2 nitrogen and oxygen atoms in total. The summed E-state index contributed by atoms with van der Waals surface area (Å²) in [7, 11) is 0. The van der Waals surface area contributed by atoms with Crippen LogP contribution in [0, 0.1) is 6.92 Å². The van der Waals surface area contributed by atoms with E-state index < -0.39 is 0 Å². The second-order valence-corrected chi connectivity index (χ2v) is 7.62. The molecule has 2 aromatic heterocycles. The first-order valence-corrected chi connectivity index (χ1v) is 9.82. The van der Waals surface area contributed by atoms with Gasteiger partial charge in [0.05, 0.1) is 11.0 Å². The van der Waals surface area contributed by atoms with Crippen LogP contribution in [0.5, 0.6) is 0 Å². The van der Waals surface area contributed by atoms with Crippen LogP contribution in [0.15, 0.2) is 89.9 Å². The monoisotopic (exact) mass is 373 g/mol. The molecule has 0 spiro atoms. The molecule has 0 aliphatic rings. The molecule has 6 rings (SSSR count). The minimum atomic E-state index is 0.919. The SMILES string of the molecule is C=Cc1ccc(-n2c3ccc(C)cc3c3cc4c(cc32)oc2ccccc24)cc1. The molecule has 0 radical (unpaired) electrons. The zero-order valence-electron chi connectivity index (χ0n) is 16.1.